The molecule has 9 heteroatoms. The topological polar surface area (TPSA) is 131 Å². The lowest BCUT2D eigenvalue weighted by Gasteiger charge is -2.22. The minimum absolute atomic E-state index is 0.252. The third-order valence-electron chi connectivity index (χ3n) is 3.08. The molecule has 2 rings (SSSR count). The molecule has 0 amide bonds. The Labute approximate surface area is 152 Å². The lowest BCUT2D eigenvalue weighted by molar-refractivity contribution is -0.0945. The first-order valence-corrected chi connectivity index (χ1v) is 7.55. The number of carbonyl (C=O) groups excluding carboxylic acids is 1. The molecule has 1 aromatic heterocycles. The van der Waals surface area contributed by atoms with E-state index < -0.39 is 36.2 Å². The summed E-state index contributed by atoms with van der Waals surface area (Å²) in [5.74, 6) is -0.613. The van der Waals surface area contributed by atoms with Crippen LogP contribution in [0.25, 0.3) is 0 Å². The standard InChI is InChI=1S/C16H18N2O6.CH4O/c1-11(9-19)24-14(18-8-7-13(20)17-16(18)22)10-23-15(21)12-5-3-2-4-6-12;1-2/h2-8,11,14,19H,9-10H2,1H3,(H,17,20,22);2H,1H3/t11-,14-;/m1./s1/i1D;2T. The van der Waals surface area contributed by atoms with Crippen molar-refractivity contribution >= 4 is 5.97 Å². The van der Waals surface area contributed by atoms with Crippen molar-refractivity contribution in [1.82, 2.24) is 9.55 Å². The Balaban J connectivity index is 0.00000122. The van der Waals surface area contributed by atoms with E-state index in [2.05, 4.69) is 10.1 Å². The summed E-state index contributed by atoms with van der Waals surface area (Å²) < 4.78 is 24.7. The second kappa shape index (κ2) is 11.0. The Bertz CT molecular complexity index is 822. The van der Waals surface area contributed by atoms with Gasteiger partial charge in [-0.25, -0.2) is 9.59 Å². The average Bonchev–Trinajstić information content (AvgIpc) is 2.70. The van der Waals surface area contributed by atoms with Crippen LogP contribution in [-0.2, 0) is 9.47 Å². The van der Waals surface area contributed by atoms with Crippen molar-refractivity contribution in [2.24, 2.45) is 0 Å². The van der Waals surface area contributed by atoms with Crippen molar-refractivity contribution in [1.29, 1.82) is 1.43 Å². The molecule has 0 fully saturated rings. The number of aromatic nitrogens is 2. The molecule has 2 atom stereocenters. The van der Waals surface area contributed by atoms with Crippen LogP contribution in [0.4, 0.5) is 0 Å². The molecule has 0 unspecified atom stereocenters. The highest BCUT2D eigenvalue weighted by molar-refractivity contribution is 5.89. The van der Waals surface area contributed by atoms with Crippen molar-refractivity contribution in [3.8, 4) is 0 Å². The van der Waals surface area contributed by atoms with E-state index in [1.807, 2.05) is 0 Å². The van der Waals surface area contributed by atoms with E-state index in [-0.39, 0.29) is 13.5 Å². The normalized spacial score (nSPS) is 13.5. The number of H-pyrrole nitrogens is 1. The SMILES string of the molecule is [2H]C[C@H](CO)O[C@H](COC(=O)c1ccccc1)n1ccc(=O)[nH]c1=O.[3H]OC. The number of hydrogen-bond acceptors (Lipinski definition) is 7. The van der Waals surface area contributed by atoms with Crippen LogP contribution < -0.4 is 11.2 Å². The van der Waals surface area contributed by atoms with Crippen LogP contribution in [0.2, 0.25) is 0 Å². The highest BCUT2D eigenvalue weighted by Gasteiger charge is 2.19. The molecule has 0 spiro atoms. The molecule has 9 nitrogen and oxygen atoms in total. The number of rotatable bonds is 7. The van der Waals surface area contributed by atoms with Gasteiger partial charge in [0, 0.05) is 20.7 Å². The number of nitrogens with zero attached hydrogens (tertiary/aromatic N) is 1. The van der Waals surface area contributed by atoms with E-state index in [4.69, 9.17) is 12.3 Å². The Morgan fingerprint density at radius 1 is 1.38 bits per heavy atom. The van der Waals surface area contributed by atoms with Crippen LogP contribution in [0.1, 0.15) is 24.9 Å². The summed E-state index contributed by atoms with van der Waals surface area (Å²) in [5.41, 5.74) is -1.01. The maximum Gasteiger partial charge on any atom is 0.338 e. The predicted octanol–water partition coefficient (Wildman–Crippen LogP) is -0.102. The molecule has 0 aliphatic rings. The average molecular weight is 369 g/mol. The van der Waals surface area contributed by atoms with Gasteiger partial charge in [-0.15, -0.1) is 0 Å². The van der Waals surface area contributed by atoms with Gasteiger partial charge in [0.1, 0.15) is 6.61 Å². The summed E-state index contributed by atoms with van der Waals surface area (Å²) in [6, 6.07) is 9.38. The van der Waals surface area contributed by atoms with E-state index in [1.54, 1.807) is 30.3 Å². The fraction of sp³-hybridized carbons (Fsp3) is 0.353. The Kier molecular flexibility index (Phi) is 7.62. The zero-order chi connectivity index (χ0) is 20.9. The number of esters is 1. The van der Waals surface area contributed by atoms with Crippen molar-refractivity contribution in [3.05, 3.63) is 69.0 Å². The lowest BCUT2D eigenvalue weighted by Crippen LogP contribution is -2.36. The molecule has 1 heterocycles. The van der Waals surface area contributed by atoms with Gasteiger partial charge < -0.3 is 19.7 Å². The number of aliphatic hydroxyl groups excluding tert-OH is 2. The van der Waals surface area contributed by atoms with Gasteiger partial charge in [0.05, 0.1) is 18.3 Å². The zero-order valence-corrected chi connectivity index (χ0v) is 14.2. The molecule has 26 heavy (non-hydrogen) atoms. The zero-order valence-electron chi connectivity index (χ0n) is 16.2. The fourth-order valence-electron chi connectivity index (χ4n) is 1.91. The highest BCUT2D eigenvalue weighted by Crippen LogP contribution is 2.11. The third kappa shape index (κ3) is 6.28. The molecule has 0 saturated carbocycles. The lowest BCUT2D eigenvalue weighted by atomic mass is 10.2. The monoisotopic (exact) mass is 369 g/mol. The number of aromatic amines is 1. The molecule has 0 radical (unpaired) electrons. The smallest absolute Gasteiger partial charge is 0.338 e. The van der Waals surface area contributed by atoms with E-state index >= 15 is 0 Å². The number of hydrogen-bond donors (Lipinski definition) is 3. The van der Waals surface area contributed by atoms with E-state index in [1.165, 1.54) is 13.3 Å². The van der Waals surface area contributed by atoms with E-state index in [9.17, 15) is 19.5 Å². The molecule has 0 aliphatic carbocycles. The molecule has 0 bridgehead atoms. The number of ether oxygens (including phenoxy) is 2. The van der Waals surface area contributed by atoms with Gasteiger partial charge in [-0.2, -0.15) is 0 Å². The minimum Gasteiger partial charge on any atom is -0.457 e. The second-order valence-electron chi connectivity index (χ2n) is 4.88. The van der Waals surface area contributed by atoms with Gasteiger partial charge in [0.15, 0.2) is 6.23 Å². The minimum atomic E-state index is -1.10. The second-order valence-corrected chi connectivity index (χ2v) is 4.88. The van der Waals surface area contributed by atoms with Crippen LogP contribution in [0.3, 0.4) is 0 Å². The van der Waals surface area contributed by atoms with Gasteiger partial charge in [-0.3, -0.25) is 14.3 Å². The summed E-state index contributed by atoms with van der Waals surface area (Å²) in [4.78, 5) is 37.2. The van der Waals surface area contributed by atoms with Crippen LogP contribution >= 0.6 is 0 Å². The summed E-state index contributed by atoms with van der Waals surface area (Å²) in [6.45, 7) is -1.03. The number of carbonyl (C=O) groups is 1. The third-order valence-corrected chi connectivity index (χ3v) is 3.08. The van der Waals surface area contributed by atoms with Crippen LogP contribution in [0.5, 0.6) is 0 Å². The van der Waals surface area contributed by atoms with Crippen molar-refractivity contribution in [3.63, 3.8) is 0 Å². The molecule has 2 aromatic rings. The summed E-state index contributed by atoms with van der Waals surface area (Å²) >= 11 is 0. The maximum atomic E-state index is 12.0. The fourth-order valence-corrected chi connectivity index (χ4v) is 1.91. The molecule has 142 valence electrons. The Morgan fingerprint density at radius 3 is 2.65 bits per heavy atom. The van der Waals surface area contributed by atoms with Gasteiger partial charge >= 0.3 is 11.7 Å². The van der Waals surface area contributed by atoms with Crippen molar-refractivity contribution < 1.29 is 25.9 Å². The molecular weight excluding hydrogens is 344 g/mol. The number of nitrogens with one attached hydrogen (secondary N) is 1. The number of benzene rings is 1. The van der Waals surface area contributed by atoms with Crippen molar-refractivity contribution in [2.75, 3.05) is 20.3 Å². The molecule has 0 saturated heterocycles. The Hall–Kier alpha value is -2.75. The predicted molar refractivity (Wildman–Crippen MR) is 92.9 cm³/mol. The molecule has 1 aromatic carbocycles. The first-order valence-electron chi connectivity index (χ1n) is 8.66. The summed E-state index contributed by atoms with van der Waals surface area (Å²) in [6.07, 6.45) is -0.778. The largest absolute Gasteiger partial charge is 0.457 e. The molecule has 0 aliphatic heterocycles. The van der Waals surface area contributed by atoms with Gasteiger partial charge in [-0.05, 0) is 19.0 Å². The van der Waals surface area contributed by atoms with Crippen LogP contribution in [0, 0.1) is 0 Å². The highest BCUT2D eigenvalue weighted by atomic mass is 16.6. The summed E-state index contributed by atoms with van der Waals surface area (Å²) in [5, 5.41) is 12.7. The van der Waals surface area contributed by atoms with E-state index in [0.29, 0.717) is 5.56 Å². The van der Waals surface area contributed by atoms with Crippen molar-refractivity contribution in [2.45, 2.75) is 19.2 Å². The summed E-state index contributed by atoms with van der Waals surface area (Å²) in [7, 11) is 1.29. The number of aliphatic hydroxyl groups is 2. The van der Waals surface area contributed by atoms with Crippen LogP contribution in [-0.4, -0.2) is 53.6 Å². The molecular formula is C17H22N2O7. The van der Waals surface area contributed by atoms with Gasteiger partial charge in [-0.1, -0.05) is 18.2 Å². The van der Waals surface area contributed by atoms with E-state index in [0.717, 1.165) is 10.6 Å². The van der Waals surface area contributed by atoms with Gasteiger partial charge in [0.2, 0.25) is 1.43 Å². The first kappa shape index (κ1) is 18.1. The first-order chi connectivity index (χ1) is 13.5. The molecule has 3 N–H and O–H groups in total. The quantitative estimate of drug-likeness (QED) is 0.581. The maximum absolute atomic E-state index is 12.0. The Morgan fingerprint density at radius 2 is 2.08 bits per heavy atom. The van der Waals surface area contributed by atoms with Crippen LogP contribution in [0.15, 0.2) is 52.2 Å². The van der Waals surface area contributed by atoms with Gasteiger partial charge in [0.25, 0.3) is 5.56 Å².